The molecule has 0 bridgehead atoms. The van der Waals surface area contributed by atoms with Crippen LogP contribution in [-0.2, 0) is 11.2 Å². The maximum atomic E-state index is 11.7. The molecule has 21 heavy (non-hydrogen) atoms. The standard InChI is InChI=1S/C16H20N4O/c17-14-7-8-15(20-12-14)18-9-4-10-19-16(21)11-13-5-2-1-3-6-13/h1-3,5-8,12H,4,9-11,17H2,(H,18,20)(H,19,21). The van der Waals surface area contributed by atoms with Crippen molar-refractivity contribution in [1.82, 2.24) is 10.3 Å². The molecular formula is C16H20N4O. The lowest BCUT2D eigenvalue weighted by atomic mass is 10.1. The molecule has 0 radical (unpaired) electrons. The highest BCUT2D eigenvalue weighted by molar-refractivity contribution is 5.78. The van der Waals surface area contributed by atoms with Crippen molar-refractivity contribution in [2.24, 2.45) is 0 Å². The summed E-state index contributed by atoms with van der Waals surface area (Å²) in [7, 11) is 0. The van der Waals surface area contributed by atoms with Crippen molar-refractivity contribution in [2.45, 2.75) is 12.8 Å². The Morgan fingerprint density at radius 2 is 1.90 bits per heavy atom. The maximum absolute atomic E-state index is 11.7. The molecule has 1 heterocycles. The third kappa shape index (κ3) is 5.52. The van der Waals surface area contributed by atoms with Gasteiger partial charge in [-0.1, -0.05) is 30.3 Å². The van der Waals surface area contributed by atoms with Gasteiger partial charge in [-0.25, -0.2) is 4.98 Å². The van der Waals surface area contributed by atoms with E-state index in [1.807, 2.05) is 36.4 Å². The van der Waals surface area contributed by atoms with Gasteiger partial charge < -0.3 is 16.4 Å². The average molecular weight is 284 g/mol. The first kappa shape index (κ1) is 14.8. The van der Waals surface area contributed by atoms with E-state index in [1.54, 1.807) is 12.3 Å². The van der Waals surface area contributed by atoms with Crippen LogP contribution in [0.4, 0.5) is 11.5 Å². The summed E-state index contributed by atoms with van der Waals surface area (Å²) in [6, 6.07) is 13.4. The van der Waals surface area contributed by atoms with Crippen LogP contribution in [0.3, 0.4) is 0 Å². The fourth-order valence-electron chi connectivity index (χ4n) is 1.89. The number of nitrogens with zero attached hydrogens (tertiary/aromatic N) is 1. The van der Waals surface area contributed by atoms with Crippen molar-refractivity contribution >= 4 is 17.4 Å². The number of carbonyl (C=O) groups excluding carboxylic acids is 1. The van der Waals surface area contributed by atoms with Crippen LogP contribution in [0, 0.1) is 0 Å². The van der Waals surface area contributed by atoms with Crippen LogP contribution in [0.25, 0.3) is 0 Å². The molecule has 2 aromatic rings. The molecule has 0 spiro atoms. The number of nitrogen functional groups attached to an aromatic ring is 1. The van der Waals surface area contributed by atoms with Crippen molar-refractivity contribution in [3.05, 3.63) is 54.2 Å². The quantitative estimate of drug-likeness (QED) is 0.678. The van der Waals surface area contributed by atoms with E-state index in [9.17, 15) is 4.79 Å². The molecule has 5 nitrogen and oxygen atoms in total. The molecule has 0 fully saturated rings. The smallest absolute Gasteiger partial charge is 0.224 e. The van der Waals surface area contributed by atoms with E-state index >= 15 is 0 Å². The van der Waals surface area contributed by atoms with Gasteiger partial charge in [0.1, 0.15) is 5.82 Å². The molecular weight excluding hydrogens is 264 g/mol. The van der Waals surface area contributed by atoms with Crippen molar-refractivity contribution in [2.75, 3.05) is 24.1 Å². The maximum Gasteiger partial charge on any atom is 0.224 e. The molecule has 4 N–H and O–H groups in total. The monoisotopic (exact) mass is 284 g/mol. The number of amides is 1. The van der Waals surface area contributed by atoms with Gasteiger partial charge in [0.05, 0.1) is 18.3 Å². The first-order valence-corrected chi connectivity index (χ1v) is 7.00. The highest BCUT2D eigenvalue weighted by Crippen LogP contribution is 2.05. The van der Waals surface area contributed by atoms with E-state index in [0.717, 1.165) is 24.3 Å². The largest absolute Gasteiger partial charge is 0.397 e. The second-order valence-corrected chi connectivity index (χ2v) is 4.77. The number of benzene rings is 1. The van der Waals surface area contributed by atoms with E-state index in [4.69, 9.17) is 5.73 Å². The third-order valence-corrected chi connectivity index (χ3v) is 2.98. The second-order valence-electron chi connectivity index (χ2n) is 4.77. The number of pyridine rings is 1. The average Bonchev–Trinajstić information content (AvgIpc) is 2.50. The van der Waals surface area contributed by atoms with E-state index < -0.39 is 0 Å². The Kier molecular flexibility index (Phi) is 5.58. The Morgan fingerprint density at radius 1 is 1.10 bits per heavy atom. The van der Waals surface area contributed by atoms with Crippen molar-refractivity contribution in [1.29, 1.82) is 0 Å². The minimum Gasteiger partial charge on any atom is -0.397 e. The normalized spacial score (nSPS) is 10.1. The van der Waals surface area contributed by atoms with Crippen molar-refractivity contribution in [3.8, 4) is 0 Å². The van der Waals surface area contributed by atoms with E-state index in [0.29, 0.717) is 18.7 Å². The molecule has 5 heteroatoms. The summed E-state index contributed by atoms with van der Waals surface area (Å²) in [5.74, 6) is 0.839. The van der Waals surface area contributed by atoms with Gasteiger partial charge in [0, 0.05) is 13.1 Å². The Hall–Kier alpha value is -2.56. The van der Waals surface area contributed by atoms with Gasteiger partial charge in [-0.2, -0.15) is 0 Å². The van der Waals surface area contributed by atoms with Gasteiger partial charge in [0.15, 0.2) is 0 Å². The van der Waals surface area contributed by atoms with E-state index in [-0.39, 0.29) is 5.91 Å². The zero-order valence-electron chi connectivity index (χ0n) is 11.9. The first-order valence-electron chi connectivity index (χ1n) is 7.00. The molecule has 0 aliphatic heterocycles. The highest BCUT2D eigenvalue weighted by atomic mass is 16.1. The minimum atomic E-state index is 0.0480. The number of aromatic nitrogens is 1. The Labute approximate surface area is 124 Å². The SMILES string of the molecule is Nc1ccc(NCCCNC(=O)Cc2ccccc2)nc1. The number of nitrogens with two attached hydrogens (primary N) is 1. The minimum absolute atomic E-state index is 0.0480. The highest BCUT2D eigenvalue weighted by Gasteiger charge is 2.01. The van der Waals surface area contributed by atoms with Crippen LogP contribution in [0.1, 0.15) is 12.0 Å². The molecule has 2 rings (SSSR count). The lowest BCUT2D eigenvalue weighted by Gasteiger charge is -2.07. The molecule has 0 unspecified atom stereocenters. The molecule has 0 saturated heterocycles. The zero-order valence-corrected chi connectivity index (χ0v) is 11.9. The van der Waals surface area contributed by atoms with Gasteiger partial charge in [0.25, 0.3) is 0 Å². The lowest BCUT2D eigenvalue weighted by Crippen LogP contribution is -2.27. The number of anilines is 2. The molecule has 0 aliphatic carbocycles. The third-order valence-electron chi connectivity index (χ3n) is 2.98. The molecule has 1 aromatic heterocycles. The number of hydrogen-bond donors (Lipinski definition) is 3. The summed E-state index contributed by atoms with van der Waals surface area (Å²) in [6.45, 7) is 1.40. The topological polar surface area (TPSA) is 80.0 Å². The Bertz CT molecular complexity index is 554. The number of carbonyl (C=O) groups is 1. The summed E-state index contributed by atoms with van der Waals surface area (Å²) in [5, 5.41) is 6.08. The predicted octanol–water partition coefficient (Wildman–Crippen LogP) is 1.82. The van der Waals surface area contributed by atoms with Crippen LogP contribution < -0.4 is 16.4 Å². The van der Waals surface area contributed by atoms with Gasteiger partial charge >= 0.3 is 0 Å². The first-order chi connectivity index (χ1) is 10.2. The van der Waals surface area contributed by atoms with Crippen LogP contribution >= 0.6 is 0 Å². The lowest BCUT2D eigenvalue weighted by molar-refractivity contribution is -0.120. The molecule has 0 atom stereocenters. The van der Waals surface area contributed by atoms with Crippen LogP contribution in [-0.4, -0.2) is 24.0 Å². The van der Waals surface area contributed by atoms with Crippen LogP contribution in [0.15, 0.2) is 48.7 Å². The molecule has 1 aromatic carbocycles. The van der Waals surface area contributed by atoms with Crippen LogP contribution in [0.5, 0.6) is 0 Å². The van der Waals surface area contributed by atoms with Gasteiger partial charge in [-0.3, -0.25) is 4.79 Å². The predicted molar refractivity (Wildman–Crippen MR) is 84.9 cm³/mol. The van der Waals surface area contributed by atoms with Gasteiger partial charge in [0.2, 0.25) is 5.91 Å². The zero-order chi connectivity index (χ0) is 14.9. The number of rotatable bonds is 7. The summed E-state index contributed by atoms with van der Waals surface area (Å²) in [4.78, 5) is 15.9. The van der Waals surface area contributed by atoms with Gasteiger partial charge in [-0.05, 0) is 24.1 Å². The molecule has 110 valence electrons. The fourth-order valence-corrected chi connectivity index (χ4v) is 1.89. The summed E-state index contributed by atoms with van der Waals surface area (Å²) in [6.07, 6.45) is 2.88. The number of nitrogens with one attached hydrogen (secondary N) is 2. The van der Waals surface area contributed by atoms with E-state index in [1.165, 1.54) is 0 Å². The second kappa shape index (κ2) is 7.89. The number of hydrogen-bond acceptors (Lipinski definition) is 4. The van der Waals surface area contributed by atoms with Gasteiger partial charge in [-0.15, -0.1) is 0 Å². The Morgan fingerprint density at radius 3 is 2.62 bits per heavy atom. The molecule has 1 amide bonds. The molecule has 0 saturated carbocycles. The van der Waals surface area contributed by atoms with Crippen LogP contribution in [0.2, 0.25) is 0 Å². The molecule has 0 aliphatic rings. The summed E-state index contributed by atoms with van der Waals surface area (Å²) >= 11 is 0. The van der Waals surface area contributed by atoms with E-state index in [2.05, 4.69) is 15.6 Å². The Balaban J connectivity index is 1.59. The summed E-state index contributed by atoms with van der Waals surface area (Å²) < 4.78 is 0. The van der Waals surface area contributed by atoms with Crippen molar-refractivity contribution < 1.29 is 4.79 Å². The fraction of sp³-hybridized carbons (Fsp3) is 0.250. The summed E-state index contributed by atoms with van der Waals surface area (Å²) in [5.41, 5.74) is 7.24. The van der Waals surface area contributed by atoms with Crippen molar-refractivity contribution in [3.63, 3.8) is 0 Å².